The quantitative estimate of drug-likeness (QED) is 0.829. The summed E-state index contributed by atoms with van der Waals surface area (Å²) in [6.07, 6.45) is -0.659. The van der Waals surface area contributed by atoms with Crippen molar-refractivity contribution in [1.29, 1.82) is 0 Å². The molecule has 0 radical (unpaired) electrons. The van der Waals surface area contributed by atoms with Gasteiger partial charge in [0.15, 0.2) is 5.84 Å². The molecule has 0 spiro atoms. The maximum atomic E-state index is 11.9. The standard InChI is InChI=1S/C14H18N4O4/c1-17-11-4-3-9(18-7-10(6-15)22-14(18)19)5-12(11)21-8-13(17)16-20-2/h3-5,10H,6-8,15H2,1-2H3. The largest absolute Gasteiger partial charge is 0.483 e. The van der Waals surface area contributed by atoms with Crippen LogP contribution in [0.25, 0.3) is 0 Å². The smallest absolute Gasteiger partial charge is 0.414 e. The van der Waals surface area contributed by atoms with Crippen LogP contribution in [0.5, 0.6) is 5.75 Å². The second-order valence-electron chi connectivity index (χ2n) is 5.04. The van der Waals surface area contributed by atoms with Crippen LogP contribution in [-0.2, 0) is 9.57 Å². The van der Waals surface area contributed by atoms with E-state index in [1.54, 1.807) is 4.90 Å². The number of nitrogens with zero attached hydrogens (tertiary/aromatic N) is 3. The van der Waals surface area contributed by atoms with Crippen molar-refractivity contribution in [2.24, 2.45) is 10.9 Å². The van der Waals surface area contributed by atoms with E-state index in [0.29, 0.717) is 31.3 Å². The van der Waals surface area contributed by atoms with E-state index in [2.05, 4.69) is 5.16 Å². The summed E-state index contributed by atoms with van der Waals surface area (Å²) in [4.78, 5) is 20.1. The van der Waals surface area contributed by atoms with Gasteiger partial charge in [-0.25, -0.2) is 4.79 Å². The zero-order valence-corrected chi connectivity index (χ0v) is 12.5. The van der Waals surface area contributed by atoms with Crippen LogP contribution in [0.4, 0.5) is 16.2 Å². The number of ether oxygens (including phenoxy) is 2. The van der Waals surface area contributed by atoms with E-state index in [-0.39, 0.29) is 12.2 Å². The molecule has 1 aromatic carbocycles. The normalized spacial score (nSPS) is 22.4. The maximum Gasteiger partial charge on any atom is 0.414 e. The Morgan fingerprint density at radius 2 is 2.32 bits per heavy atom. The lowest BCUT2D eigenvalue weighted by molar-refractivity contribution is 0.145. The van der Waals surface area contributed by atoms with Crippen LogP contribution < -0.4 is 20.3 Å². The number of nitrogens with two attached hydrogens (primary N) is 1. The molecule has 8 heteroatoms. The lowest BCUT2D eigenvalue weighted by Gasteiger charge is -2.29. The van der Waals surface area contributed by atoms with Crippen molar-refractivity contribution in [3.8, 4) is 5.75 Å². The Morgan fingerprint density at radius 1 is 1.50 bits per heavy atom. The highest BCUT2D eigenvalue weighted by Gasteiger charge is 2.32. The average molecular weight is 306 g/mol. The maximum absolute atomic E-state index is 11.9. The van der Waals surface area contributed by atoms with Crippen LogP contribution in [0.1, 0.15) is 0 Å². The molecule has 3 rings (SSSR count). The van der Waals surface area contributed by atoms with Crippen LogP contribution in [-0.4, -0.2) is 51.9 Å². The summed E-state index contributed by atoms with van der Waals surface area (Å²) >= 11 is 0. The summed E-state index contributed by atoms with van der Waals surface area (Å²) in [7, 11) is 3.37. The number of hydrogen-bond donors (Lipinski definition) is 1. The van der Waals surface area contributed by atoms with Crippen LogP contribution in [0, 0.1) is 0 Å². The Balaban J connectivity index is 1.87. The van der Waals surface area contributed by atoms with Gasteiger partial charge in [-0.15, -0.1) is 0 Å². The Hall–Kier alpha value is -2.48. The fourth-order valence-electron chi connectivity index (χ4n) is 2.49. The minimum Gasteiger partial charge on any atom is -0.483 e. The lowest BCUT2D eigenvalue weighted by atomic mass is 10.2. The van der Waals surface area contributed by atoms with Gasteiger partial charge in [0.05, 0.1) is 17.9 Å². The molecule has 8 nitrogen and oxygen atoms in total. The number of oxime groups is 1. The predicted octanol–water partition coefficient (Wildman–Crippen LogP) is 0.759. The molecular formula is C14H18N4O4. The van der Waals surface area contributed by atoms with E-state index >= 15 is 0 Å². The molecule has 0 bridgehead atoms. The van der Waals surface area contributed by atoms with Crippen molar-refractivity contribution >= 4 is 23.3 Å². The van der Waals surface area contributed by atoms with E-state index < -0.39 is 0 Å². The van der Waals surface area contributed by atoms with Crippen molar-refractivity contribution in [2.75, 3.05) is 43.7 Å². The van der Waals surface area contributed by atoms with E-state index in [4.69, 9.17) is 20.0 Å². The van der Waals surface area contributed by atoms with Crippen molar-refractivity contribution in [1.82, 2.24) is 0 Å². The Kier molecular flexibility index (Phi) is 3.76. The van der Waals surface area contributed by atoms with E-state index in [9.17, 15) is 4.79 Å². The SMILES string of the molecule is CON=C1COc2cc(N3CC(CN)OC3=O)ccc2N1C. The monoisotopic (exact) mass is 306 g/mol. The number of amidine groups is 1. The first-order valence-corrected chi connectivity index (χ1v) is 6.93. The number of benzene rings is 1. The van der Waals surface area contributed by atoms with Crippen molar-refractivity contribution in [3.63, 3.8) is 0 Å². The van der Waals surface area contributed by atoms with Crippen molar-refractivity contribution in [2.45, 2.75) is 6.10 Å². The van der Waals surface area contributed by atoms with E-state index in [1.165, 1.54) is 7.11 Å². The van der Waals surface area contributed by atoms with Gasteiger partial charge in [0.2, 0.25) is 0 Å². The molecule has 2 aliphatic heterocycles. The number of carbonyl (C=O) groups is 1. The fourth-order valence-corrected chi connectivity index (χ4v) is 2.49. The summed E-state index contributed by atoms with van der Waals surface area (Å²) in [6.45, 7) is 1.06. The first kappa shape index (κ1) is 14.5. The van der Waals surface area contributed by atoms with Gasteiger partial charge in [0.25, 0.3) is 0 Å². The molecule has 0 aromatic heterocycles. The lowest BCUT2D eigenvalue weighted by Crippen LogP contribution is -2.36. The molecule has 22 heavy (non-hydrogen) atoms. The molecule has 1 aromatic rings. The van der Waals surface area contributed by atoms with Crippen LogP contribution >= 0.6 is 0 Å². The summed E-state index contributed by atoms with van der Waals surface area (Å²) in [5.41, 5.74) is 7.13. The molecule has 1 amide bonds. The van der Waals surface area contributed by atoms with Gasteiger partial charge >= 0.3 is 6.09 Å². The summed E-state index contributed by atoms with van der Waals surface area (Å²) in [6, 6.07) is 5.53. The van der Waals surface area contributed by atoms with Gasteiger partial charge in [-0.05, 0) is 12.1 Å². The van der Waals surface area contributed by atoms with Crippen LogP contribution in [0.3, 0.4) is 0 Å². The fraction of sp³-hybridized carbons (Fsp3) is 0.429. The highest BCUT2D eigenvalue weighted by atomic mass is 16.6. The number of amides is 1. The minimum atomic E-state index is -0.388. The van der Waals surface area contributed by atoms with Crippen LogP contribution in [0.2, 0.25) is 0 Å². The molecule has 2 N–H and O–H groups in total. The van der Waals surface area contributed by atoms with Gasteiger partial charge < -0.3 is 24.9 Å². The molecule has 2 aliphatic rings. The Labute approximate surface area is 128 Å². The number of likely N-dealkylation sites (N-methyl/N-ethyl adjacent to an activating group) is 1. The van der Waals surface area contributed by atoms with Gasteiger partial charge in [-0.3, -0.25) is 4.90 Å². The highest BCUT2D eigenvalue weighted by molar-refractivity contribution is 6.01. The first-order valence-electron chi connectivity index (χ1n) is 6.93. The molecule has 1 unspecified atom stereocenters. The molecule has 118 valence electrons. The third kappa shape index (κ3) is 2.41. The molecule has 2 heterocycles. The molecule has 1 atom stereocenters. The van der Waals surface area contributed by atoms with E-state index in [0.717, 1.165) is 11.4 Å². The van der Waals surface area contributed by atoms with Crippen molar-refractivity contribution in [3.05, 3.63) is 18.2 Å². The number of anilines is 2. The number of hydrogen-bond acceptors (Lipinski definition) is 6. The summed E-state index contributed by atoms with van der Waals surface area (Å²) < 4.78 is 10.9. The van der Waals surface area contributed by atoms with Crippen LogP contribution in [0.15, 0.2) is 23.4 Å². The molecule has 1 saturated heterocycles. The second-order valence-corrected chi connectivity index (χ2v) is 5.04. The Morgan fingerprint density at radius 3 is 3.00 bits per heavy atom. The zero-order valence-electron chi connectivity index (χ0n) is 12.5. The first-order chi connectivity index (χ1) is 10.6. The topological polar surface area (TPSA) is 89.6 Å². The second kappa shape index (κ2) is 5.72. The van der Waals surface area contributed by atoms with Gasteiger partial charge in [-0.1, -0.05) is 5.16 Å². The average Bonchev–Trinajstić information content (AvgIpc) is 2.91. The minimum absolute atomic E-state index is 0.271. The van der Waals surface area contributed by atoms with Gasteiger partial charge in [0, 0.05) is 19.7 Å². The summed E-state index contributed by atoms with van der Waals surface area (Å²) in [5.74, 6) is 1.35. The number of fused-ring (bicyclic) bond motifs is 1. The Bertz CT molecular complexity index is 619. The van der Waals surface area contributed by atoms with E-state index in [1.807, 2.05) is 30.1 Å². The number of rotatable bonds is 3. The third-order valence-corrected chi connectivity index (χ3v) is 3.69. The zero-order chi connectivity index (χ0) is 15.7. The predicted molar refractivity (Wildman–Crippen MR) is 81.5 cm³/mol. The molecule has 0 aliphatic carbocycles. The third-order valence-electron chi connectivity index (χ3n) is 3.69. The summed E-state index contributed by atoms with van der Waals surface area (Å²) in [5, 5.41) is 3.92. The molecular weight excluding hydrogens is 288 g/mol. The highest BCUT2D eigenvalue weighted by Crippen LogP contribution is 2.36. The molecule has 1 fully saturated rings. The number of cyclic esters (lactones) is 1. The van der Waals surface area contributed by atoms with Crippen molar-refractivity contribution < 1.29 is 19.1 Å². The van der Waals surface area contributed by atoms with Gasteiger partial charge in [0.1, 0.15) is 25.6 Å². The van der Waals surface area contributed by atoms with Gasteiger partial charge in [-0.2, -0.15) is 0 Å². The molecule has 0 saturated carbocycles. The number of carbonyl (C=O) groups excluding carboxylic acids is 1.